The van der Waals surface area contributed by atoms with E-state index in [9.17, 15) is 4.79 Å². The molecule has 1 fully saturated rings. The fourth-order valence-electron chi connectivity index (χ4n) is 2.79. The summed E-state index contributed by atoms with van der Waals surface area (Å²) in [5.41, 5.74) is 1.08. The number of rotatable bonds is 6. The van der Waals surface area contributed by atoms with Crippen molar-refractivity contribution < 1.29 is 9.53 Å². The number of hydrogen-bond donors (Lipinski definition) is 1. The molecule has 1 aromatic carbocycles. The quantitative estimate of drug-likeness (QED) is 0.875. The lowest BCUT2D eigenvalue weighted by Crippen LogP contribution is -2.46. The molecule has 0 saturated carbocycles. The van der Waals surface area contributed by atoms with Crippen molar-refractivity contribution in [3.63, 3.8) is 0 Å². The Balaban J connectivity index is 1.94. The molecule has 0 spiro atoms. The van der Waals surface area contributed by atoms with Crippen LogP contribution in [0.15, 0.2) is 18.2 Å². The zero-order chi connectivity index (χ0) is 15.9. The minimum absolute atomic E-state index is 0.244. The van der Waals surface area contributed by atoms with Crippen LogP contribution in [0.1, 0.15) is 25.8 Å². The second-order valence-corrected chi connectivity index (χ2v) is 6.27. The molecule has 1 atom stereocenters. The Labute approximate surface area is 137 Å². The van der Waals surface area contributed by atoms with E-state index in [4.69, 9.17) is 16.3 Å². The Kier molecular flexibility index (Phi) is 6.52. The Morgan fingerprint density at radius 3 is 2.82 bits per heavy atom. The molecule has 0 aromatic heterocycles. The summed E-state index contributed by atoms with van der Waals surface area (Å²) in [4.78, 5) is 14.3. The van der Waals surface area contributed by atoms with Crippen molar-refractivity contribution in [2.24, 2.45) is 5.92 Å². The number of nitrogens with one attached hydrogen (secondary N) is 1. The summed E-state index contributed by atoms with van der Waals surface area (Å²) in [6, 6.07) is 5.69. The summed E-state index contributed by atoms with van der Waals surface area (Å²) >= 11 is 6.09. The molecular weight excluding hydrogens is 300 g/mol. The first-order valence-corrected chi connectivity index (χ1v) is 8.37. The molecule has 0 bridgehead atoms. The second kappa shape index (κ2) is 8.39. The van der Waals surface area contributed by atoms with Crippen molar-refractivity contribution in [2.75, 3.05) is 32.8 Å². The predicted octanol–water partition coefficient (Wildman–Crippen LogP) is 2.74. The van der Waals surface area contributed by atoms with Crippen LogP contribution in [0.2, 0.25) is 5.02 Å². The van der Waals surface area contributed by atoms with Crippen molar-refractivity contribution in [2.45, 2.75) is 26.7 Å². The lowest BCUT2D eigenvalue weighted by atomic mass is 9.96. The van der Waals surface area contributed by atoms with Gasteiger partial charge >= 0.3 is 0 Å². The molecule has 1 amide bonds. The third-order valence-electron chi connectivity index (χ3n) is 3.88. The number of carbonyl (C=O) groups excluding carboxylic acids is 1. The van der Waals surface area contributed by atoms with Gasteiger partial charge in [-0.05, 0) is 43.0 Å². The first-order chi connectivity index (χ1) is 10.6. The zero-order valence-corrected chi connectivity index (χ0v) is 14.2. The molecular formula is C17H25ClN2O2. The Bertz CT molecular complexity index is 501. The van der Waals surface area contributed by atoms with Crippen LogP contribution >= 0.6 is 11.6 Å². The molecule has 1 N–H and O–H groups in total. The highest BCUT2D eigenvalue weighted by atomic mass is 35.5. The molecule has 1 saturated heterocycles. The number of carbonyl (C=O) groups is 1. The molecule has 2 rings (SSSR count). The normalized spacial score (nSPS) is 16.4. The highest BCUT2D eigenvalue weighted by Crippen LogP contribution is 2.26. The molecule has 1 heterocycles. The minimum atomic E-state index is 0.244. The van der Waals surface area contributed by atoms with Gasteiger partial charge in [0, 0.05) is 37.6 Å². The highest BCUT2D eigenvalue weighted by Gasteiger charge is 2.19. The molecule has 4 nitrogen and oxygen atoms in total. The van der Waals surface area contributed by atoms with E-state index in [1.165, 1.54) is 0 Å². The van der Waals surface area contributed by atoms with Crippen LogP contribution < -0.4 is 10.1 Å². The minimum Gasteiger partial charge on any atom is -0.494 e. The van der Waals surface area contributed by atoms with Gasteiger partial charge in [-0.3, -0.25) is 4.79 Å². The molecule has 1 aliphatic heterocycles. The van der Waals surface area contributed by atoms with Crippen molar-refractivity contribution in [1.82, 2.24) is 10.2 Å². The molecule has 22 heavy (non-hydrogen) atoms. The largest absolute Gasteiger partial charge is 0.494 e. The summed E-state index contributed by atoms with van der Waals surface area (Å²) in [6.07, 6.45) is 1.37. The standard InChI is InChI=1S/C17H25ClN2O2/c1-3-22-16-5-4-15(18)12-14(16)10-13(2)11-17(21)20-8-6-19-7-9-20/h4-5,12-13,19H,3,6-11H2,1-2H3. The average Bonchev–Trinajstić information content (AvgIpc) is 2.51. The number of benzene rings is 1. The first kappa shape index (κ1) is 17.1. The van der Waals surface area contributed by atoms with Gasteiger partial charge in [0.15, 0.2) is 0 Å². The number of piperazine rings is 1. The summed E-state index contributed by atoms with van der Waals surface area (Å²) in [5.74, 6) is 1.38. The van der Waals surface area contributed by atoms with E-state index in [2.05, 4.69) is 12.2 Å². The molecule has 0 aliphatic carbocycles. The number of nitrogens with zero attached hydrogens (tertiary/aromatic N) is 1. The summed E-state index contributed by atoms with van der Waals surface area (Å²) < 4.78 is 5.65. The van der Waals surface area contributed by atoms with Crippen LogP contribution in [0.25, 0.3) is 0 Å². The van der Waals surface area contributed by atoms with Gasteiger partial charge in [-0.1, -0.05) is 18.5 Å². The van der Waals surface area contributed by atoms with E-state index in [1.54, 1.807) is 0 Å². The molecule has 1 aliphatic rings. The van der Waals surface area contributed by atoms with E-state index in [1.807, 2.05) is 30.0 Å². The van der Waals surface area contributed by atoms with Gasteiger partial charge < -0.3 is 15.0 Å². The van der Waals surface area contributed by atoms with Crippen LogP contribution in [-0.4, -0.2) is 43.6 Å². The smallest absolute Gasteiger partial charge is 0.222 e. The van der Waals surface area contributed by atoms with Crippen LogP contribution in [0.5, 0.6) is 5.75 Å². The van der Waals surface area contributed by atoms with E-state index in [0.717, 1.165) is 43.9 Å². The van der Waals surface area contributed by atoms with Crippen molar-refractivity contribution in [1.29, 1.82) is 0 Å². The third kappa shape index (κ3) is 4.89. The summed E-state index contributed by atoms with van der Waals surface area (Å²) in [7, 11) is 0. The van der Waals surface area contributed by atoms with Crippen LogP contribution in [0.3, 0.4) is 0 Å². The second-order valence-electron chi connectivity index (χ2n) is 5.83. The highest BCUT2D eigenvalue weighted by molar-refractivity contribution is 6.30. The van der Waals surface area contributed by atoms with Gasteiger partial charge in [0.1, 0.15) is 5.75 Å². The van der Waals surface area contributed by atoms with E-state index >= 15 is 0 Å². The number of amides is 1. The van der Waals surface area contributed by atoms with Crippen LogP contribution in [-0.2, 0) is 11.2 Å². The molecule has 1 aromatic rings. The summed E-state index contributed by atoms with van der Waals surface area (Å²) in [5, 5.41) is 3.97. The average molecular weight is 325 g/mol. The molecule has 5 heteroatoms. The maximum atomic E-state index is 12.3. The fraction of sp³-hybridized carbons (Fsp3) is 0.588. The van der Waals surface area contributed by atoms with Gasteiger partial charge in [-0.2, -0.15) is 0 Å². The predicted molar refractivity (Wildman–Crippen MR) is 89.6 cm³/mol. The number of ether oxygens (including phenoxy) is 1. The monoisotopic (exact) mass is 324 g/mol. The Morgan fingerprint density at radius 2 is 2.14 bits per heavy atom. The Hall–Kier alpha value is -1.26. The van der Waals surface area contributed by atoms with Crippen LogP contribution in [0.4, 0.5) is 0 Å². The van der Waals surface area contributed by atoms with E-state index < -0.39 is 0 Å². The third-order valence-corrected chi connectivity index (χ3v) is 4.12. The van der Waals surface area contributed by atoms with Gasteiger partial charge in [-0.15, -0.1) is 0 Å². The molecule has 0 radical (unpaired) electrons. The van der Waals surface area contributed by atoms with Gasteiger partial charge in [0.2, 0.25) is 5.91 Å². The van der Waals surface area contributed by atoms with Crippen molar-refractivity contribution in [3.05, 3.63) is 28.8 Å². The number of halogens is 1. The van der Waals surface area contributed by atoms with E-state index in [0.29, 0.717) is 18.1 Å². The maximum absolute atomic E-state index is 12.3. The van der Waals surface area contributed by atoms with Gasteiger partial charge in [-0.25, -0.2) is 0 Å². The lowest BCUT2D eigenvalue weighted by molar-refractivity contribution is -0.132. The maximum Gasteiger partial charge on any atom is 0.222 e. The molecule has 1 unspecified atom stereocenters. The summed E-state index contributed by atoms with van der Waals surface area (Å²) in [6.45, 7) is 8.11. The fourth-order valence-corrected chi connectivity index (χ4v) is 2.99. The first-order valence-electron chi connectivity index (χ1n) is 8.00. The van der Waals surface area contributed by atoms with Crippen LogP contribution in [0, 0.1) is 5.92 Å². The van der Waals surface area contributed by atoms with Crippen molar-refractivity contribution in [3.8, 4) is 5.75 Å². The SMILES string of the molecule is CCOc1ccc(Cl)cc1CC(C)CC(=O)N1CCNCC1. The van der Waals surface area contributed by atoms with Crippen molar-refractivity contribution >= 4 is 17.5 Å². The zero-order valence-electron chi connectivity index (χ0n) is 13.4. The topological polar surface area (TPSA) is 41.6 Å². The van der Waals surface area contributed by atoms with Gasteiger partial charge in [0.05, 0.1) is 6.61 Å². The number of hydrogen-bond acceptors (Lipinski definition) is 3. The Morgan fingerprint density at radius 1 is 1.41 bits per heavy atom. The molecule has 122 valence electrons. The van der Waals surface area contributed by atoms with E-state index in [-0.39, 0.29) is 11.8 Å². The van der Waals surface area contributed by atoms with Gasteiger partial charge in [0.25, 0.3) is 0 Å². The lowest BCUT2D eigenvalue weighted by Gasteiger charge is -2.28.